The van der Waals surface area contributed by atoms with Crippen LogP contribution < -0.4 is 0 Å². The molecule has 2 heterocycles. The van der Waals surface area contributed by atoms with Crippen molar-refractivity contribution >= 4 is 0 Å². The summed E-state index contributed by atoms with van der Waals surface area (Å²) in [5.41, 5.74) is 0. The van der Waals surface area contributed by atoms with Crippen LogP contribution in [0, 0.1) is 0 Å². The minimum atomic E-state index is -0.287. The van der Waals surface area contributed by atoms with Gasteiger partial charge in [-0.1, -0.05) is 6.92 Å². The highest BCUT2D eigenvalue weighted by molar-refractivity contribution is 4.95. The van der Waals surface area contributed by atoms with Gasteiger partial charge < -0.3 is 10.2 Å². The third kappa shape index (κ3) is 1.60. The Balaban J connectivity index is 2.06. The fraction of sp³-hybridized carbons (Fsp3) is 1.00. The zero-order chi connectivity index (χ0) is 9.42. The van der Waals surface area contributed by atoms with E-state index in [1.807, 2.05) is 6.92 Å². The molecule has 2 aliphatic heterocycles. The molecule has 0 radical (unpaired) electrons. The number of hydrogen-bond acceptors (Lipinski definition) is 3. The van der Waals surface area contributed by atoms with E-state index in [0.717, 1.165) is 32.1 Å². The Labute approximate surface area is 79.4 Å². The molecule has 2 rings (SSSR count). The van der Waals surface area contributed by atoms with Gasteiger partial charge >= 0.3 is 0 Å². The van der Waals surface area contributed by atoms with Crippen molar-refractivity contribution in [3.63, 3.8) is 0 Å². The fourth-order valence-electron chi connectivity index (χ4n) is 2.88. The molecule has 3 unspecified atom stereocenters. The maximum Gasteiger partial charge on any atom is 0.107 e. The normalized spacial score (nSPS) is 42.2. The monoisotopic (exact) mass is 185 g/mol. The quantitative estimate of drug-likeness (QED) is 0.665. The van der Waals surface area contributed by atoms with Crippen molar-refractivity contribution in [1.29, 1.82) is 0 Å². The SMILES string of the molecule is CCC(O)N1C2CCC1CC(O)C2. The molecule has 2 aliphatic rings. The van der Waals surface area contributed by atoms with E-state index in [9.17, 15) is 10.2 Å². The molecule has 0 saturated carbocycles. The summed E-state index contributed by atoms with van der Waals surface area (Å²) in [5.74, 6) is 0. The van der Waals surface area contributed by atoms with Gasteiger partial charge in [0.05, 0.1) is 6.10 Å². The van der Waals surface area contributed by atoms with Crippen molar-refractivity contribution in [1.82, 2.24) is 4.90 Å². The fourth-order valence-corrected chi connectivity index (χ4v) is 2.88. The third-order valence-electron chi connectivity index (χ3n) is 3.47. The Morgan fingerprint density at radius 2 is 1.85 bits per heavy atom. The van der Waals surface area contributed by atoms with Gasteiger partial charge in [0.1, 0.15) is 6.23 Å². The van der Waals surface area contributed by atoms with E-state index in [0.29, 0.717) is 12.1 Å². The van der Waals surface area contributed by atoms with Crippen molar-refractivity contribution in [3.05, 3.63) is 0 Å². The van der Waals surface area contributed by atoms with Gasteiger partial charge in [-0.3, -0.25) is 4.90 Å². The molecule has 0 spiro atoms. The second-order valence-corrected chi connectivity index (χ2v) is 4.35. The molecular formula is C10H19NO2. The number of nitrogens with zero attached hydrogens (tertiary/aromatic N) is 1. The van der Waals surface area contributed by atoms with Crippen LogP contribution in [0.5, 0.6) is 0 Å². The molecule has 0 amide bonds. The van der Waals surface area contributed by atoms with Crippen LogP contribution in [0.4, 0.5) is 0 Å². The lowest BCUT2D eigenvalue weighted by atomic mass is 9.99. The lowest BCUT2D eigenvalue weighted by Crippen LogP contribution is -2.49. The molecule has 3 nitrogen and oxygen atoms in total. The van der Waals surface area contributed by atoms with Crippen molar-refractivity contribution in [3.8, 4) is 0 Å². The Morgan fingerprint density at radius 1 is 1.31 bits per heavy atom. The highest BCUT2D eigenvalue weighted by Gasteiger charge is 2.42. The van der Waals surface area contributed by atoms with Gasteiger partial charge in [0.2, 0.25) is 0 Å². The standard InChI is InChI=1S/C10H19NO2/c1-2-10(13)11-7-3-4-8(11)6-9(12)5-7/h7-10,12-13H,2-6H2,1H3. The van der Waals surface area contributed by atoms with Crippen LogP contribution in [-0.2, 0) is 0 Å². The van der Waals surface area contributed by atoms with Crippen LogP contribution in [0.25, 0.3) is 0 Å². The highest BCUT2D eigenvalue weighted by Crippen LogP contribution is 2.37. The van der Waals surface area contributed by atoms with Gasteiger partial charge in [-0.15, -0.1) is 0 Å². The van der Waals surface area contributed by atoms with Crippen LogP contribution in [0.3, 0.4) is 0 Å². The average molecular weight is 185 g/mol. The van der Waals surface area contributed by atoms with Crippen molar-refractivity contribution in [2.24, 2.45) is 0 Å². The maximum absolute atomic E-state index is 9.79. The first kappa shape index (κ1) is 9.44. The molecule has 2 saturated heterocycles. The summed E-state index contributed by atoms with van der Waals surface area (Å²) in [6, 6.07) is 0.868. The predicted octanol–water partition coefficient (Wildman–Crippen LogP) is 0.702. The van der Waals surface area contributed by atoms with Crippen LogP contribution >= 0.6 is 0 Å². The van der Waals surface area contributed by atoms with E-state index in [4.69, 9.17) is 0 Å². The summed E-state index contributed by atoms with van der Waals surface area (Å²) in [6.07, 6.45) is 4.39. The number of aliphatic hydroxyl groups is 2. The average Bonchev–Trinajstić information content (AvgIpc) is 2.37. The van der Waals surface area contributed by atoms with Gasteiger partial charge in [-0.05, 0) is 32.1 Å². The second kappa shape index (κ2) is 3.56. The molecule has 2 N–H and O–H groups in total. The summed E-state index contributed by atoms with van der Waals surface area (Å²) in [7, 11) is 0. The van der Waals surface area contributed by atoms with Crippen molar-refractivity contribution in [2.45, 2.75) is 63.4 Å². The molecule has 0 aromatic rings. The zero-order valence-corrected chi connectivity index (χ0v) is 8.19. The highest BCUT2D eigenvalue weighted by atomic mass is 16.3. The van der Waals surface area contributed by atoms with Crippen molar-refractivity contribution in [2.75, 3.05) is 0 Å². The molecular weight excluding hydrogens is 166 g/mol. The van der Waals surface area contributed by atoms with Gasteiger partial charge in [0, 0.05) is 12.1 Å². The molecule has 0 aromatic carbocycles. The predicted molar refractivity (Wildman–Crippen MR) is 50.2 cm³/mol. The topological polar surface area (TPSA) is 43.7 Å². The minimum absolute atomic E-state index is 0.127. The number of piperidine rings is 1. The number of aliphatic hydroxyl groups excluding tert-OH is 2. The van der Waals surface area contributed by atoms with Gasteiger partial charge in [-0.2, -0.15) is 0 Å². The molecule has 76 valence electrons. The van der Waals surface area contributed by atoms with Crippen LogP contribution in [0.2, 0.25) is 0 Å². The van der Waals surface area contributed by atoms with Gasteiger partial charge in [0.25, 0.3) is 0 Å². The number of rotatable bonds is 2. The van der Waals surface area contributed by atoms with Gasteiger partial charge in [-0.25, -0.2) is 0 Å². The van der Waals surface area contributed by atoms with Crippen LogP contribution in [-0.4, -0.2) is 39.5 Å². The van der Waals surface area contributed by atoms with E-state index in [1.54, 1.807) is 0 Å². The second-order valence-electron chi connectivity index (χ2n) is 4.35. The molecule has 2 bridgehead atoms. The van der Waals surface area contributed by atoms with Crippen LogP contribution in [0.15, 0.2) is 0 Å². The molecule has 3 atom stereocenters. The summed E-state index contributed by atoms with van der Waals surface area (Å²) in [4.78, 5) is 2.22. The van der Waals surface area contributed by atoms with E-state index in [2.05, 4.69) is 4.90 Å². The smallest absolute Gasteiger partial charge is 0.107 e. The molecule has 3 heteroatoms. The Morgan fingerprint density at radius 3 is 2.31 bits per heavy atom. The van der Waals surface area contributed by atoms with E-state index < -0.39 is 0 Å². The van der Waals surface area contributed by atoms with Gasteiger partial charge in [0.15, 0.2) is 0 Å². The lowest BCUT2D eigenvalue weighted by molar-refractivity contribution is -0.0733. The lowest BCUT2D eigenvalue weighted by Gasteiger charge is -2.39. The zero-order valence-electron chi connectivity index (χ0n) is 8.19. The first-order valence-electron chi connectivity index (χ1n) is 5.36. The molecule has 0 aliphatic carbocycles. The van der Waals surface area contributed by atoms with E-state index in [1.165, 1.54) is 0 Å². The largest absolute Gasteiger partial charge is 0.393 e. The summed E-state index contributed by atoms with van der Waals surface area (Å²) in [5, 5.41) is 19.3. The number of fused-ring (bicyclic) bond motifs is 2. The van der Waals surface area contributed by atoms with Crippen molar-refractivity contribution < 1.29 is 10.2 Å². The summed E-state index contributed by atoms with van der Waals surface area (Å²) in [6.45, 7) is 2.01. The Kier molecular flexibility index (Phi) is 2.58. The molecule has 0 aromatic heterocycles. The minimum Gasteiger partial charge on any atom is -0.393 e. The summed E-state index contributed by atoms with van der Waals surface area (Å²) < 4.78 is 0. The van der Waals surface area contributed by atoms with E-state index in [-0.39, 0.29) is 12.3 Å². The third-order valence-corrected chi connectivity index (χ3v) is 3.47. The Bertz CT molecular complexity index is 172. The van der Waals surface area contributed by atoms with Crippen LogP contribution in [0.1, 0.15) is 39.0 Å². The van der Waals surface area contributed by atoms with E-state index >= 15 is 0 Å². The first-order chi connectivity index (χ1) is 6.22. The molecule has 2 fully saturated rings. The Hall–Kier alpha value is -0.120. The maximum atomic E-state index is 9.79. The summed E-state index contributed by atoms with van der Waals surface area (Å²) >= 11 is 0. The molecule has 13 heavy (non-hydrogen) atoms. The first-order valence-corrected chi connectivity index (χ1v) is 5.36. The number of hydrogen-bond donors (Lipinski definition) is 2.